The fourth-order valence-corrected chi connectivity index (χ4v) is 2.37. The van der Waals surface area contributed by atoms with E-state index in [9.17, 15) is 4.79 Å². The van der Waals surface area contributed by atoms with Crippen LogP contribution < -0.4 is 11.3 Å². The molecule has 0 spiro atoms. The molecule has 0 saturated carbocycles. The van der Waals surface area contributed by atoms with E-state index in [1.54, 1.807) is 29.6 Å². The molecule has 0 aliphatic carbocycles. The van der Waals surface area contributed by atoms with Crippen LogP contribution >= 0.6 is 11.3 Å². The molecule has 106 valence electrons. The van der Waals surface area contributed by atoms with Gasteiger partial charge in [0.05, 0.1) is 17.7 Å². The van der Waals surface area contributed by atoms with Gasteiger partial charge in [0, 0.05) is 23.7 Å². The maximum atomic E-state index is 12.4. The number of hydrogen-bond donors (Lipinski definition) is 2. The number of aryl methyl sites for hydroxylation is 1. The van der Waals surface area contributed by atoms with Crippen LogP contribution in [0.15, 0.2) is 23.0 Å². The van der Waals surface area contributed by atoms with Crippen molar-refractivity contribution in [2.24, 2.45) is 5.84 Å². The predicted molar refractivity (Wildman–Crippen MR) is 79.3 cm³/mol. The summed E-state index contributed by atoms with van der Waals surface area (Å²) in [5, 5.41) is 1.93. The number of aromatic nitrogens is 2. The Kier molecular flexibility index (Phi) is 4.65. The molecule has 2 aromatic heterocycles. The van der Waals surface area contributed by atoms with Gasteiger partial charge >= 0.3 is 0 Å². The SMILES string of the molecule is CCc1cc(C(=O)N(C)Cc2cscn2)cc(NN)n1. The van der Waals surface area contributed by atoms with E-state index in [1.807, 2.05) is 12.3 Å². The first kappa shape index (κ1) is 14.4. The number of rotatable bonds is 5. The molecule has 1 amide bonds. The number of carbonyl (C=O) groups excluding carboxylic acids is 1. The standard InChI is InChI=1S/C13H17N5OS/c1-3-10-4-9(5-12(16-10)17-14)13(19)18(2)6-11-7-20-8-15-11/h4-5,7-8H,3,6,14H2,1-2H3,(H,16,17). The Balaban J connectivity index is 2.19. The highest BCUT2D eigenvalue weighted by molar-refractivity contribution is 7.07. The Labute approximate surface area is 121 Å². The summed E-state index contributed by atoms with van der Waals surface area (Å²) in [4.78, 5) is 22.5. The second-order valence-electron chi connectivity index (χ2n) is 4.37. The van der Waals surface area contributed by atoms with Crippen LogP contribution in [0.2, 0.25) is 0 Å². The van der Waals surface area contributed by atoms with Gasteiger partial charge in [-0.1, -0.05) is 6.92 Å². The first-order valence-electron chi connectivity index (χ1n) is 6.24. The van der Waals surface area contributed by atoms with E-state index < -0.39 is 0 Å². The third kappa shape index (κ3) is 3.31. The zero-order valence-electron chi connectivity index (χ0n) is 11.5. The van der Waals surface area contributed by atoms with Gasteiger partial charge in [-0.25, -0.2) is 15.8 Å². The summed E-state index contributed by atoms with van der Waals surface area (Å²) in [7, 11) is 1.75. The molecule has 2 rings (SSSR count). The second kappa shape index (κ2) is 6.44. The Morgan fingerprint density at radius 3 is 2.85 bits per heavy atom. The van der Waals surface area contributed by atoms with E-state index in [4.69, 9.17) is 5.84 Å². The molecule has 0 radical (unpaired) electrons. The number of nitrogens with one attached hydrogen (secondary N) is 1. The van der Waals surface area contributed by atoms with Gasteiger partial charge in [-0.2, -0.15) is 0 Å². The number of nitrogen functional groups attached to an aromatic ring is 1. The molecule has 0 atom stereocenters. The van der Waals surface area contributed by atoms with Crippen LogP contribution in [0.25, 0.3) is 0 Å². The molecular weight excluding hydrogens is 274 g/mol. The molecule has 2 heterocycles. The van der Waals surface area contributed by atoms with Crippen LogP contribution in [0.5, 0.6) is 0 Å². The predicted octanol–water partition coefficient (Wildman–Crippen LogP) is 1.66. The number of anilines is 1. The lowest BCUT2D eigenvalue weighted by Gasteiger charge is -2.17. The summed E-state index contributed by atoms with van der Waals surface area (Å²) in [6.45, 7) is 2.47. The number of amides is 1. The van der Waals surface area contributed by atoms with Crippen molar-refractivity contribution in [1.29, 1.82) is 0 Å². The number of pyridine rings is 1. The topological polar surface area (TPSA) is 84.1 Å². The highest BCUT2D eigenvalue weighted by atomic mass is 32.1. The van der Waals surface area contributed by atoms with E-state index >= 15 is 0 Å². The van der Waals surface area contributed by atoms with Crippen LogP contribution in [-0.4, -0.2) is 27.8 Å². The van der Waals surface area contributed by atoms with Crippen LogP contribution in [0.3, 0.4) is 0 Å². The first-order valence-corrected chi connectivity index (χ1v) is 7.18. The van der Waals surface area contributed by atoms with Crippen LogP contribution in [0.1, 0.15) is 28.7 Å². The Morgan fingerprint density at radius 1 is 1.45 bits per heavy atom. The molecule has 0 fully saturated rings. The average Bonchev–Trinajstić information content (AvgIpc) is 2.98. The largest absolute Gasteiger partial charge is 0.336 e. The minimum atomic E-state index is -0.0772. The fourth-order valence-electron chi connectivity index (χ4n) is 1.82. The lowest BCUT2D eigenvalue weighted by Crippen LogP contribution is -2.27. The Morgan fingerprint density at radius 2 is 2.25 bits per heavy atom. The van der Waals surface area contributed by atoms with Gasteiger partial charge in [0.1, 0.15) is 5.82 Å². The van der Waals surface area contributed by atoms with Crippen molar-refractivity contribution in [2.45, 2.75) is 19.9 Å². The quantitative estimate of drug-likeness (QED) is 0.646. The van der Waals surface area contributed by atoms with Gasteiger partial charge in [-0.05, 0) is 18.6 Å². The first-order chi connectivity index (χ1) is 9.63. The molecule has 0 saturated heterocycles. The fraction of sp³-hybridized carbons (Fsp3) is 0.308. The minimum Gasteiger partial charge on any atom is -0.336 e. The van der Waals surface area contributed by atoms with Crippen LogP contribution in [0.4, 0.5) is 5.82 Å². The Bertz CT molecular complexity index is 562. The number of hydrogen-bond acceptors (Lipinski definition) is 6. The van der Waals surface area contributed by atoms with Gasteiger partial charge in [-0.3, -0.25) is 4.79 Å². The lowest BCUT2D eigenvalue weighted by atomic mass is 10.1. The van der Waals surface area contributed by atoms with Gasteiger partial charge in [0.25, 0.3) is 5.91 Å². The minimum absolute atomic E-state index is 0.0772. The third-order valence-corrected chi connectivity index (χ3v) is 3.50. The Hall–Kier alpha value is -1.99. The molecule has 0 aliphatic heterocycles. The highest BCUT2D eigenvalue weighted by Gasteiger charge is 2.15. The van der Waals surface area contributed by atoms with Crippen molar-refractivity contribution in [3.63, 3.8) is 0 Å². The average molecular weight is 291 g/mol. The maximum Gasteiger partial charge on any atom is 0.254 e. The molecule has 6 nitrogen and oxygen atoms in total. The summed E-state index contributed by atoms with van der Waals surface area (Å²) in [6, 6.07) is 3.44. The van der Waals surface area contributed by atoms with Crippen molar-refractivity contribution in [2.75, 3.05) is 12.5 Å². The van der Waals surface area contributed by atoms with E-state index in [0.29, 0.717) is 17.9 Å². The summed E-state index contributed by atoms with van der Waals surface area (Å²) in [6.07, 6.45) is 0.742. The molecule has 7 heteroatoms. The number of nitrogens with zero attached hydrogens (tertiary/aromatic N) is 3. The summed E-state index contributed by atoms with van der Waals surface area (Å²) < 4.78 is 0. The van der Waals surface area contributed by atoms with Crippen LogP contribution in [0, 0.1) is 0 Å². The number of hydrazine groups is 1. The molecule has 0 aromatic carbocycles. The summed E-state index contributed by atoms with van der Waals surface area (Å²) in [5.74, 6) is 5.80. The number of carbonyl (C=O) groups is 1. The number of nitrogens with two attached hydrogens (primary N) is 1. The molecule has 0 aliphatic rings. The molecule has 0 bridgehead atoms. The molecule has 2 aromatic rings. The zero-order valence-corrected chi connectivity index (χ0v) is 12.3. The van der Waals surface area contributed by atoms with Crippen molar-refractivity contribution in [3.05, 3.63) is 40.0 Å². The van der Waals surface area contributed by atoms with E-state index in [2.05, 4.69) is 15.4 Å². The van der Waals surface area contributed by atoms with Crippen molar-refractivity contribution in [1.82, 2.24) is 14.9 Å². The van der Waals surface area contributed by atoms with Crippen molar-refractivity contribution in [3.8, 4) is 0 Å². The zero-order chi connectivity index (χ0) is 14.5. The van der Waals surface area contributed by atoms with Gasteiger partial charge in [-0.15, -0.1) is 11.3 Å². The van der Waals surface area contributed by atoms with E-state index in [-0.39, 0.29) is 5.91 Å². The molecular formula is C13H17N5OS. The monoisotopic (exact) mass is 291 g/mol. The van der Waals surface area contributed by atoms with Gasteiger partial charge in [0.15, 0.2) is 0 Å². The summed E-state index contributed by atoms with van der Waals surface area (Å²) >= 11 is 1.52. The molecule has 3 N–H and O–H groups in total. The van der Waals surface area contributed by atoms with E-state index in [1.165, 1.54) is 11.3 Å². The smallest absolute Gasteiger partial charge is 0.254 e. The second-order valence-corrected chi connectivity index (χ2v) is 5.09. The van der Waals surface area contributed by atoms with Crippen molar-refractivity contribution >= 4 is 23.1 Å². The molecule has 0 unspecified atom stereocenters. The highest BCUT2D eigenvalue weighted by Crippen LogP contribution is 2.14. The van der Waals surface area contributed by atoms with Crippen molar-refractivity contribution < 1.29 is 4.79 Å². The normalized spacial score (nSPS) is 10.3. The van der Waals surface area contributed by atoms with Gasteiger partial charge < -0.3 is 10.3 Å². The number of thiazole rings is 1. The third-order valence-electron chi connectivity index (χ3n) is 2.86. The lowest BCUT2D eigenvalue weighted by molar-refractivity contribution is 0.0783. The molecule has 20 heavy (non-hydrogen) atoms. The van der Waals surface area contributed by atoms with Crippen LogP contribution in [-0.2, 0) is 13.0 Å². The van der Waals surface area contributed by atoms with E-state index in [0.717, 1.165) is 17.8 Å². The summed E-state index contributed by atoms with van der Waals surface area (Å²) in [5.41, 5.74) is 6.52. The van der Waals surface area contributed by atoms with Gasteiger partial charge in [0.2, 0.25) is 0 Å². The maximum absolute atomic E-state index is 12.4.